The molecule has 17 heavy (non-hydrogen) atoms. The van der Waals surface area contributed by atoms with Crippen molar-refractivity contribution >= 4 is 6.29 Å². The fourth-order valence-corrected chi connectivity index (χ4v) is 2.25. The number of aldehydes is 1. The van der Waals surface area contributed by atoms with E-state index in [-0.39, 0.29) is 18.0 Å². The van der Waals surface area contributed by atoms with E-state index in [9.17, 15) is 13.6 Å². The van der Waals surface area contributed by atoms with E-state index in [4.69, 9.17) is 0 Å². The van der Waals surface area contributed by atoms with Gasteiger partial charge in [0.1, 0.15) is 17.9 Å². The third kappa shape index (κ3) is 2.88. The average Bonchev–Trinajstić information content (AvgIpc) is 2.34. The summed E-state index contributed by atoms with van der Waals surface area (Å²) in [5, 5.41) is 0. The Bertz CT molecular complexity index is 388. The number of piperidine rings is 1. The third-order valence-corrected chi connectivity index (χ3v) is 3.18. The Hall–Kier alpha value is -1.29. The van der Waals surface area contributed by atoms with Crippen LogP contribution in [0.15, 0.2) is 18.2 Å². The van der Waals surface area contributed by atoms with Crippen LogP contribution in [0.2, 0.25) is 0 Å². The minimum absolute atomic E-state index is 0.00131. The SMILES string of the molecule is O=CC1CCCN(Cc2c(F)cccc2F)C1. The first-order chi connectivity index (χ1) is 8.20. The molecule has 4 heteroatoms. The van der Waals surface area contributed by atoms with Crippen LogP contribution in [0.25, 0.3) is 0 Å². The number of hydrogen-bond donors (Lipinski definition) is 0. The quantitative estimate of drug-likeness (QED) is 0.755. The number of hydrogen-bond acceptors (Lipinski definition) is 2. The second-order valence-electron chi connectivity index (χ2n) is 4.47. The highest BCUT2D eigenvalue weighted by Gasteiger charge is 2.21. The van der Waals surface area contributed by atoms with E-state index in [0.717, 1.165) is 25.7 Å². The summed E-state index contributed by atoms with van der Waals surface area (Å²) in [5.41, 5.74) is 0.0963. The van der Waals surface area contributed by atoms with Gasteiger partial charge in [0.15, 0.2) is 0 Å². The lowest BCUT2D eigenvalue weighted by molar-refractivity contribution is -0.112. The van der Waals surface area contributed by atoms with Gasteiger partial charge in [0.25, 0.3) is 0 Å². The minimum atomic E-state index is -0.516. The van der Waals surface area contributed by atoms with Gasteiger partial charge < -0.3 is 4.79 Å². The molecule has 1 aliphatic rings. The van der Waals surface area contributed by atoms with Gasteiger partial charge in [0.2, 0.25) is 0 Å². The zero-order chi connectivity index (χ0) is 12.3. The molecule has 0 spiro atoms. The Kier molecular flexibility index (Phi) is 3.84. The number of carbonyl (C=O) groups excluding carboxylic acids is 1. The summed E-state index contributed by atoms with van der Waals surface area (Å²) in [6, 6.07) is 3.89. The Morgan fingerprint density at radius 3 is 2.71 bits per heavy atom. The summed E-state index contributed by atoms with van der Waals surface area (Å²) < 4.78 is 26.9. The Morgan fingerprint density at radius 1 is 1.35 bits per heavy atom. The van der Waals surface area contributed by atoms with Crippen molar-refractivity contribution in [1.82, 2.24) is 4.90 Å². The van der Waals surface area contributed by atoms with Crippen LogP contribution in [-0.2, 0) is 11.3 Å². The largest absolute Gasteiger partial charge is 0.303 e. The first kappa shape index (κ1) is 12.2. The standard InChI is InChI=1S/C13H15F2NO/c14-12-4-1-5-13(15)11(12)8-16-6-2-3-10(7-16)9-17/h1,4-5,9-10H,2-3,6-8H2. The molecule has 0 aromatic heterocycles. The molecular formula is C13H15F2NO. The second-order valence-corrected chi connectivity index (χ2v) is 4.47. The molecule has 92 valence electrons. The van der Waals surface area contributed by atoms with Crippen LogP contribution in [0.5, 0.6) is 0 Å². The first-order valence-electron chi connectivity index (χ1n) is 5.81. The molecule has 1 aliphatic heterocycles. The van der Waals surface area contributed by atoms with E-state index in [2.05, 4.69) is 0 Å². The summed E-state index contributed by atoms with van der Waals surface area (Å²) in [6.07, 6.45) is 2.71. The van der Waals surface area contributed by atoms with Crippen molar-refractivity contribution in [2.75, 3.05) is 13.1 Å². The minimum Gasteiger partial charge on any atom is -0.303 e. The monoisotopic (exact) mass is 239 g/mol. The van der Waals surface area contributed by atoms with E-state index in [1.165, 1.54) is 18.2 Å². The fraction of sp³-hybridized carbons (Fsp3) is 0.462. The Balaban J connectivity index is 2.07. The van der Waals surface area contributed by atoms with Crippen LogP contribution >= 0.6 is 0 Å². The van der Waals surface area contributed by atoms with Gasteiger partial charge in [0.05, 0.1) is 0 Å². The van der Waals surface area contributed by atoms with Gasteiger partial charge in [-0.15, -0.1) is 0 Å². The van der Waals surface area contributed by atoms with Crippen molar-refractivity contribution in [1.29, 1.82) is 0 Å². The molecule has 1 atom stereocenters. The summed E-state index contributed by atoms with van der Waals surface area (Å²) in [4.78, 5) is 12.7. The molecule has 0 bridgehead atoms. The second kappa shape index (κ2) is 5.36. The van der Waals surface area contributed by atoms with Gasteiger partial charge in [0, 0.05) is 24.6 Å². The zero-order valence-electron chi connectivity index (χ0n) is 9.53. The Morgan fingerprint density at radius 2 is 2.06 bits per heavy atom. The maximum absolute atomic E-state index is 13.4. The molecule has 1 unspecified atom stereocenters. The van der Waals surface area contributed by atoms with E-state index >= 15 is 0 Å². The molecule has 1 aromatic rings. The molecule has 2 nitrogen and oxygen atoms in total. The first-order valence-corrected chi connectivity index (χ1v) is 5.81. The molecule has 0 saturated carbocycles. The lowest BCUT2D eigenvalue weighted by Gasteiger charge is -2.30. The maximum atomic E-state index is 13.4. The summed E-state index contributed by atoms with van der Waals surface area (Å²) in [5.74, 6) is -1.03. The van der Waals surface area contributed by atoms with Crippen molar-refractivity contribution in [3.63, 3.8) is 0 Å². The highest BCUT2D eigenvalue weighted by molar-refractivity contribution is 5.53. The van der Waals surface area contributed by atoms with Crippen molar-refractivity contribution in [3.8, 4) is 0 Å². The molecule has 0 N–H and O–H groups in total. The van der Waals surface area contributed by atoms with Gasteiger partial charge in [-0.1, -0.05) is 6.07 Å². The molecular weight excluding hydrogens is 224 g/mol. The van der Waals surface area contributed by atoms with Crippen molar-refractivity contribution in [3.05, 3.63) is 35.4 Å². The van der Waals surface area contributed by atoms with E-state index in [1.807, 2.05) is 4.90 Å². The van der Waals surface area contributed by atoms with Crippen molar-refractivity contribution in [2.24, 2.45) is 5.92 Å². The van der Waals surface area contributed by atoms with Crippen LogP contribution in [0.1, 0.15) is 18.4 Å². The molecule has 2 rings (SSSR count). The fourth-order valence-electron chi connectivity index (χ4n) is 2.25. The average molecular weight is 239 g/mol. The Labute approximate surface area is 99.2 Å². The highest BCUT2D eigenvalue weighted by Crippen LogP contribution is 2.20. The number of halogens is 2. The van der Waals surface area contributed by atoms with Gasteiger partial charge in [-0.05, 0) is 31.5 Å². The van der Waals surface area contributed by atoms with Crippen LogP contribution in [0, 0.1) is 17.6 Å². The molecule has 1 heterocycles. The van der Waals surface area contributed by atoms with Crippen LogP contribution in [0.3, 0.4) is 0 Å². The van der Waals surface area contributed by atoms with Gasteiger partial charge >= 0.3 is 0 Å². The lowest BCUT2D eigenvalue weighted by Crippen LogP contribution is -2.35. The van der Waals surface area contributed by atoms with Crippen LogP contribution in [-0.4, -0.2) is 24.3 Å². The normalized spacial score (nSPS) is 21.4. The van der Waals surface area contributed by atoms with Crippen molar-refractivity contribution < 1.29 is 13.6 Å². The summed E-state index contributed by atoms with van der Waals surface area (Å²) >= 11 is 0. The van der Waals surface area contributed by atoms with Gasteiger partial charge in [-0.25, -0.2) is 8.78 Å². The molecule has 0 radical (unpaired) electrons. The van der Waals surface area contributed by atoms with Crippen molar-refractivity contribution in [2.45, 2.75) is 19.4 Å². The summed E-state index contributed by atoms with van der Waals surface area (Å²) in [6.45, 7) is 1.62. The highest BCUT2D eigenvalue weighted by atomic mass is 19.1. The van der Waals surface area contributed by atoms with Crippen LogP contribution in [0.4, 0.5) is 8.78 Å². The number of carbonyl (C=O) groups is 1. The molecule has 1 saturated heterocycles. The summed E-state index contributed by atoms with van der Waals surface area (Å²) in [7, 11) is 0. The van der Waals surface area contributed by atoms with Crippen LogP contribution < -0.4 is 0 Å². The van der Waals surface area contributed by atoms with E-state index in [0.29, 0.717) is 6.54 Å². The maximum Gasteiger partial charge on any atom is 0.130 e. The number of likely N-dealkylation sites (tertiary alicyclic amines) is 1. The predicted molar refractivity (Wildman–Crippen MR) is 60.4 cm³/mol. The molecule has 0 amide bonds. The molecule has 0 aliphatic carbocycles. The lowest BCUT2D eigenvalue weighted by atomic mass is 9.99. The van der Waals surface area contributed by atoms with Gasteiger partial charge in [-0.2, -0.15) is 0 Å². The zero-order valence-corrected chi connectivity index (χ0v) is 9.53. The number of rotatable bonds is 3. The smallest absolute Gasteiger partial charge is 0.130 e. The topological polar surface area (TPSA) is 20.3 Å². The van der Waals surface area contributed by atoms with Gasteiger partial charge in [-0.3, -0.25) is 4.90 Å². The van der Waals surface area contributed by atoms with E-state index < -0.39 is 11.6 Å². The predicted octanol–water partition coefficient (Wildman–Crippen LogP) is 2.38. The van der Waals surface area contributed by atoms with E-state index in [1.54, 1.807) is 0 Å². The third-order valence-electron chi connectivity index (χ3n) is 3.18. The molecule has 1 aromatic carbocycles. The number of benzene rings is 1. The number of nitrogens with zero attached hydrogens (tertiary/aromatic N) is 1. The molecule has 1 fully saturated rings.